The number of rotatable bonds is 9. The molecule has 1 aromatic heterocycles. The number of benzene rings is 3. The smallest absolute Gasteiger partial charge is 0.214 e. The van der Waals surface area contributed by atoms with Gasteiger partial charge in [-0.3, -0.25) is 10.1 Å². The minimum Gasteiger partial charge on any atom is -0.490 e. The first kappa shape index (κ1) is 22.9. The standard InChI is InChI=1S/C26H25BrN2O4/c1-3-32-25-13-19(12-23(27)26(25)33-16-18-10-8-17(2)9-11-18)22(15-29(30)31)21-14-28-24-7-5-4-6-20(21)24/h4-14,22,28H,3,15-16H2,1-2H3/t22-/m0/s1. The average Bonchev–Trinajstić information content (AvgIpc) is 3.22. The Balaban J connectivity index is 1.72. The van der Waals surface area contributed by atoms with Crippen LogP contribution in [-0.2, 0) is 6.61 Å². The van der Waals surface area contributed by atoms with Crippen molar-refractivity contribution in [2.75, 3.05) is 13.2 Å². The van der Waals surface area contributed by atoms with Gasteiger partial charge in [0.1, 0.15) is 6.61 Å². The lowest BCUT2D eigenvalue weighted by Gasteiger charge is -2.19. The second kappa shape index (κ2) is 10.1. The first-order valence-electron chi connectivity index (χ1n) is 10.8. The molecule has 7 heteroatoms. The summed E-state index contributed by atoms with van der Waals surface area (Å²) in [5.41, 5.74) is 4.85. The van der Waals surface area contributed by atoms with Crippen LogP contribution in [0.1, 0.15) is 35.1 Å². The van der Waals surface area contributed by atoms with Gasteiger partial charge in [-0.05, 0) is 64.7 Å². The Morgan fingerprint density at radius 3 is 2.58 bits per heavy atom. The monoisotopic (exact) mass is 508 g/mol. The number of aryl methyl sites for hydroxylation is 1. The SMILES string of the molecule is CCOc1cc([C@H](C[N+](=O)[O-])c2c[nH]c3ccccc23)cc(Br)c1OCc1ccc(C)cc1. The van der Waals surface area contributed by atoms with Crippen LogP contribution in [0.4, 0.5) is 0 Å². The lowest BCUT2D eigenvalue weighted by atomic mass is 9.90. The van der Waals surface area contributed by atoms with E-state index in [9.17, 15) is 10.1 Å². The Morgan fingerprint density at radius 1 is 1.09 bits per heavy atom. The third-order valence-corrected chi connectivity index (χ3v) is 6.16. The molecule has 1 N–H and O–H groups in total. The molecule has 0 unspecified atom stereocenters. The van der Waals surface area contributed by atoms with Crippen molar-refractivity contribution in [2.45, 2.75) is 26.4 Å². The van der Waals surface area contributed by atoms with Crippen LogP contribution in [-0.4, -0.2) is 23.1 Å². The van der Waals surface area contributed by atoms with Gasteiger partial charge in [0, 0.05) is 22.0 Å². The Hall–Kier alpha value is -3.32. The highest BCUT2D eigenvalue weighted by Gasteiger charge is 2.26. The van der Waals surface area contributed by atoms with E-state index in [1.165, 1.54) is 5.56 Å². The molecule has 0 saturated heterocycles. The Labute approximate surface area is 200 Å². The van der Waals surface area contributed by atoms with E-state index in [1.54, 1.807) is 0 Å². The first-order chi connectivity index (χ1) is 16.0. The largest absolute Gasteiger partial charge is 0.490 e. The lowest BCUT2D eigenvalue weighted by Crippen LogP contribution is -2.14. The topological polar surface area (TPSA) is 77.4 Å². The van der Waals surface area contributed by atoms with Crippen molar-refractivity contribution in [1.29, 1.82) is 0 Å². The fourth-order valence-corrected chi connectivity index (χ4v) is 4.52. The highest BCUT2D eigenvalue weighted by molar-refractivity contribution is 9.10. The van der Waals surface area contributed by atoms with Gasteiger partial charge >= 0.3 is 0 Å². The number of nitrogens with zero attached hydrogens (tertiary/aromatic N) is 1. The van der Waals surface area contributed by atoms with Crippen molar-refractivity contribution in [3.8, 4) is 11.5 Å². The van der Waals surface area contributed by atoms with Crippen LogP contribution >= 0.6 is 15.9 Å². The van der Waals surface area contributed by atoms with Crippen LogP contribution in [0.25, 0.3) is 10.9 Å². The number of hydrogen-bond acceptors (Lipinski definition) is 4. The van der Waals surface area contributed by atoms with Gasteiger partial charge in [0.25, 0.3) is 0 Å². The number of hydrogen-bond donors (Lipinski definition) is 1. The number of aromatic nitrogens is 1. The van der Waals surface area contributed by atoms with E-state index < -0.39 is 5.92 Å². The van der Waals surface area contributed by atoms with Gasteiger partial charge in [0.15, 0.2) is 11.5 Å². The molecule has 1 heterocycles. The summed E-state index contributed by atoms with van der Waals surface area (Å²) < 4.78 is 12.7. The van der Waals surface area contributed by atoms with Crippen molar-refractivity contribution in [3.63, 3.8) is 0 Å². The maximum Gasteiger partial charge on any atom is 0.214 e. The van der Waals surface area contributed by atoms with Crippen LogP contribution in [0, 0.1) is 17.0 Å². The molecule has 1 atom stereocenters. The number of aromatic amines is 1. The van der Waals surface area contributed by atoms with Crippen LogP contribution in [0.15, 0.2) is 71.3 Å². The fourth-order valence-electron chi connectivity index (χ4n) is 3.95. The molecule has 0 radical (unpaired) electrons. The van der Waals surface area contributed by atoms with Crippen molar-refractivity contribution in [3.05, 3.63) is 104 Å². The van der Waals surface area contributed by atoms with Crippen molar-refractivity contribution < 1.29 is 14.4 Å². The highest BCUT2D eigenvalue weighted by atomic mass is 79.9. The van der Waals surface area contributed by atoms with Crippen LogP contribution in [0.2, 0.25) is 0 Å². The summed E-state index contributed by atoms with van der Waals surface area (Å²) in [5, 5.41) is 12.6. The van der Waals surface area contributed by atoms with E-state index in [0.717, 1.165) is 27.6 Å². The summed E-state index contributed by atoms with van der Waals surface area (Å²) in [6.07, 6.45) is 1.86. The van der Waals surface area contributed by atoms with E-state index >= 15 is 0 Å². The zero-order valence-electron chi connectivity index (χ0n) is 18.5. The van der Waals surface area contributed by atoms with E-state index in [-0.39, 0.29) is 11.5 Å². The predicted octanol–water partition coefficient (Wildman–Crippen LogP) is 6.63. The number of fused-ring (bicyclic) bond motifs is 1. The van der Waals surface area contributed by atoms with Gasteiger partial charge in [0.05, 0.1) is 17.0 Å². The first-order valence-corrected chi connectivity index (χ1v) is 11.6. The van der Waals surface area contributed by atoms with Crippen molar-refractivity contribution >= 4 is 26.8 Å². The predicted molar refractivity (Wildman–Crippen MR) is 133 cm³/mol. The van der Waals surface area contributed by atoms with Crippen LogP contribution in [0.3, 0.4) is 0 Å². The Kier molecular flexibility index (Phi) is 6.99. The molecule has 0 aliphatic heterocycles. The Bertz CT molecular complexity index is 1270. The summed E-state index contributed by atoms with van der Waals surface area (Å²) >= 11 is 3.62. The maximum absolute atomic E-state index is 11.6. The van der Waals surface area contributed by atoms with Gasteiger partial charge < -0.3 is 14.5 Å². The van der Waals surface area contributed by atoms with Crippen LogP contribution in [0.5, 0.6) is 11.5 Å². The minimum atomic E-state index is -0.446. The number of H-pyrrole nitrogens is 1. The van der Waals surface area contributed by atoms with E-state index in [2.05, 4.69) is 20.9 Å². The normalized spacial score (nSPS) is 12.0. The average molecular weight is 509 g/mol. The second-order valence-electron chi connectivity index (χ2n) is 7.89. The summed E-state index contributed by atoms with van der Waals surface area (Å²) in [7, 11) is 0. The molecule has 0 saturated carbocycles. The minimum absolute atomic E-state index is 0.233. The molecule has 170 valence electrons. The van der Waals surface area contributed by atoms with E-state index in [4.69, 9.17) is 9.47 Å². The molecule has 3 aromatic carbocycles. The van der Waals surface area contributed by atoms with Crippen molar-refractivity contribution in [1.82, 2.24) is 4.98 Å². The van der Waals surface area contributed by atoms with Gasteiger partial charge in [-0.2, -0.15) is 0 Å². The molecule has 0 bridgehead atoms. The van der Waals surface area contributed by atoms with Crippen LogP contribution < -0.4 is 9.47 Å². The van der Waals surface area contributed by atoms with Gasteiger partial charge in [-0.25, -0.2) is 0 Å². The second-order valence-corrected chi connectivity index (χ2v) is 8.75. The summed E-state index contributed by atoms with van der Waals surface area (Å²) in [6, 6.07) is 19.7. The molecule has 0 spiro atoms. The van der Waals surface area contributed by atoms with E-state index in [1.807, 2.05) is 80.7 Å². The van der Waals surface area contributed by atoms with E-state index in [0.29, 0.717) is 29.2 Å². The number of halogens is 1. The molecule has 0 fully saturated rings. The summed E-state index contributed by atoms with van der Waals surface area (Å²) in [6.45, 7) is 4.55. The summed E-state index contributed by atoms with van der Waals surface area (Å²) in [4.78, 5) is 14.5. The molecule has 0 amide bonds. The number of para-hydroxylation sites is 1. The molecule has 4 rings (SSSR count). The summed E-state index contributed by atoms with van der Waals surface area (Å²) in [5.74, 6) is 0.694. The molecule has 0 aliphatic rings. The molecular formula is C26H25BrN2O4. The fraction of sp³-hybridized carbons (Fsp3) is 0.231. The zero-order valence-corrected chi connectivity index (χ0v) is 20.1. The third-order valence-electron chi connectivity index (χ3n) is 5.57. The molecule has 4 aromatic rings. The molecule has 33 heavy (non-hydrogen) atoms. The Morgan fingerprint density at radius 2 is 1.85 bits per heavy atom. The maximum atomic E-state index is 11.6. The molecule has 0 aliphatic carbocycles. The number of nitro groups is 1. The third kappa shape index (κ3) is 5.20. The molecule has 6 nitrogen and oxygen atoms in total. The highest BCUT2D eigenvalue weighted by Crippen LogP contribution is 2.41. The number of ether oxygens (including phenoxy) is 2. The van der Waals surface area contributed by atoms with Crippen molar-refractivity contribution in [2.24, 2.45) is 0 Å². The number of nitrogens with one attached hydrogen (secondary N) is 1. The van der Waals surface area contributed by atoms with Gasteiger partial charge in [-0.15, -0.1) is 0 Å². The quantitative estimate of drug-likeness (QED) is 0.203. The van der Waals surface area contributed by atoms with Gasteiger partial charge in [0.2, 0.25) is 6.54 Å². The lowest BCUT2D eigenvalue weighted by molar-refractivity contribution is -0.481. The molecular weight excluding hydrogens is 484 g/mol. The zero-order chi connectivity index (χ0) is 23.4. The van der Waals surface area contributed by atoms with Gasteiger partial charge in [-0.1, -0.05) is 48.0 Å².